The highest BCUT2D eigenvalue weighted by molar-refractivity contribution is 5.73. The predicted octanol–water partition coefficient (Wildman–Crippen LogP) is 4.61. The molecule has 4 rings (SSSR count). The van der Waals surface area contributed by atoms with Crippen LogP contribution in [0.5, 0.6) is 5.75 Å². The lowest BCUT2D eigenvalue weighted by molar-refractivity contribution is 0.171. The molecule has 2 saturated carbocycles. The number of anilines is 2. The van der Waals surface area contributed by atoms with E-state index in [4.69, 9.17) is 4.74 Å². The van der Waals surface area contributed by atoms with Gasteiger partial charge in [-0.15, -0.1) is 0 Å². The van der Waals surface area contributed by atoms with Crippen molar-refractivity contribution in [1.29, 1.82) is 0 Å². The van der Waals surface area contributed by atoms with Crippen LogP contribution in [-0.4, -0.2) is 24.5 Å². The van der Waals surface area contributed by atoms with Crippen molar-refractivity contribution in [1.82, 2.24) is 0 Å². The largest absolute Gasteiger partial charge is 0.497 e. The number of unbranched alkanes of at least 4 members (excludes halogenated alkanes) is 2. The maximum absolute atomic E-state index is 10.3. The van der Waals surface area contributed by atoms with Crippen molar-refractivity contribution in [3.63, 3.8) is 0 Å². The molecule has 0 saturated heterocycles. The number of benzene rings is 1. The minimum absolute atomic E-state index is 0.0874. The van der Waals surface area contributed by atoms with E-state index in [9.17, 15) is 5.11 Å². The van der Waals surface area contributed by atoms with Crippen molar-refractivity contribution in [2.45, 2.75) is 70.1 Å². The van der Waals surface area contributed by atoms with Gasteiger partial charge in [-0.3, -0.25) is 0 Å². The molecule has 25 heavy (non-hydrogen) atoms. The van der Waals surface area contributed by atoms with Crippen LogP contribution >= 0.6 is 0 Å². The topological polar surface area (TPSA) is 53.5 Å². The Labute approximate surface area is 151 Å². The SMILES string of the molecule is COc1ccc2c(c1)NC(O)C(CCCCC[C@@H]1CC1CC1CC1)N2. The van der Waals surface area contributed by atoms with E-state index < -0.39 is 6.23 Å². The smallest absolute Gasteiger partial charge is 0.144 e. The third kappa shape index (κ3) is 4.41. The predicted molar refractivity (Wildman–Crippen MR) is 102 cm³/mol. The first-order valence-electron chi connectivity index (χ1n) is 10.1. The molecule has 4 atom stereocenters. The zero-order valence-electron chi connectivity index (χ0n) is 15.3. The van der Waals surface area contributed by atoms with E-state index in [1.807, 2.05) is 18.2 Å². The molecule has 0 radical (unpaired) electrons. The van der Waals surface area contributed by atoms with Crippen LogP contribution in [0.2, 0.25) is 0 Å². The van der Waals surface area contributed by atoms with Gasteiger partial charge >= 0.3 is 0 Å². The minimum Gasteiger partial charge on any atom is -0.497 e. The molecule has 4 heteroatoms. The number of fused-ring (bicyclic) bond motifs is 1. The molecular weight excluding hydrogens is 312 g/mol. The van der Waals surface area contributed by atoms with Crippen LogP contribution in [0.25, 0.3) is 0 Å². The summed E-state index contributed by atoms with van der Waals surface area (Å²) in [7, 11) is 1.66. The summed E-state index contributed by atoms with van der Waals surface area (Å²) in [5.41, 5.74) is 1.97. The molecule has 2 fully saturated rings. The standard InChI is InChI=1S/C21H32N2O2/c1-25-17-9-10-18-20(13-17)23-21(24)19(22-18)6-4-2-3-5-15-12-16(15)11-14-7-8-14/h9-10,13-16,19,21-24H,2-8,11-12H2,1H3/t15-,16?,19?,21?/m1/s1. The molecule has 3 N–H and O–H groups in total. The summed E-state index contributed by atoms with van der Waals surface area (Å²) in [6.45, 7) is 0. The normalized spacial score (nSPS) is 30.2. The Balaban J connectivity index is 1.14. The van der Waals surface area contributed by atoms with Gasteiger partial charge in [0.15, 0.2) is 0 Å². The van der Waals surface area contributed by atoms with E-state index >= 15 is 0 Å². The Morgan fingerprint density at radius 2 is 1.88 bits per heavy atom. The highest BCUT2D eigenvalue weighted by Crippen LogP contribution is 2.50. The fourth-order valence-corrected chi connectivity index (χ4v) is 4.35. The molecule has 4 nitrogen and oxygen atoms in total. The highest BCUT2D eigenvalue weighted by Gasteiger charge is 2.39. The second-order valence-corrected chi connectivity index (χ2v) is 8.32. The summed E-state index contributed by atoms with van der Waals surface area (Å²) in [4.78, 5) is 0. The first-order chi connectivity index (χ1) is 12.2. The molecule has 0 aromatic heterocycles. The molecule has 2 aliphatic carbocycles. The Kier molecular flexibility index (Phi) is 5.07. The Hall–Kier alpha value is -1.42. The van der Waals surface area contributed by atoms with Crippen molar-refractivity contribution >= 4 is 11.4 Å². The number of aliphatic hydroxyl groups excluding tert-OH is 1. The number of nitrogens with one attached hydrogen (secondary N) is 2. The summed E-state index contributed by atoms with van der Waals surface area (Å²) in [5, 5.41) is 17.0. The lowest BCUT2D eigenvalue weighted by Crippen LogP contribution is -2.42. The van der Waals surface area contributed by atoms with Gasteiger partial charge in [0.05, 0.1) is 24.5 Å². The van der Waals surface area contributed by atoms with Gasteiger partial charge in [0.25, 0.3) is 0 Å². The molecule has 3 aliphatic rings. The van der Waals surface area contributed by atoms with Crippen molar-refractivity contribution in [3.8, 4) is 5.75 Å². The van der Waals surface area contributed by atoms with E-state index in [-0.39, 0.29) is 6.04 Å². The third-order valence-electron chi connectivity index (χ3n) is 6.24. The number of methoxy groups -OCH3 is 1. The lowest BCUT2D eigenvalue weighted by atomic mass is 10.0. The summed E-state index contributed by atoms with van der Waals surface area (Å²) in [5.74, 6) is 4.03. The van der Waals surface area contributed by atoms with Crippen LogP contribution in [0.3, 0.4) is 0 Å². The molecule has 1 aliphatic heterocycles. The van der Waals surface area contributed by atoms with E-state index in [2.05, 4.69) is 10.6 Å². The molecule has 0 amide bonds. The van der Waals surface area contributed by atoms with Crippen LogP contribution in [-0.2, 0) is 0 Å². The van der Waals surface area contributed by atoms with Gasteiger partial charge < -0.3 is 20.5 Å². The lowest BCUT2D eigenvalue weighted by Gasteiger charge is -2.33. The second-order valence-electron chi connectivity index (χ2n) is 8.32. The van der Waals surface area contributed by atoms with Gasteiger partial charge in [-0.05, 0) is 49.1 Å². The Morgan fingerprint density at radius 1 is 1.04 bits per heavy atom. The van der Waals surface area contributed by atoms with Crippen LogP contribution in [0, 0.1) is 17.8 Å². The van der Waals surface area contributed by atoms with Crippen molar-refractivity contribution in [2.24, 2.45) is 17.8 Å². The number of aliphatic hydroxyl groups is 1. The number of hydrogen-bond acceptors (Lipinski definition) is 4. The molecule has 138 valence electrons. The van der Waals surface area contributed by atoms with Crippen molar-refractivity contribution in [3.05, 3.63) is 18.2 Å². The van der Waals surface area contributed by atoms with Crippen molar-refractivity contribution in [2.75, 3.05) is 17.7 Å². The first-order valence-corrected chi connectivity index (χ1v) is 10.1. The molecule has 1 aromatic carbocycles. The summed E-state index contributed by atoms with van der Waals surface area (Å²) in [6.07, 6.45) is 11.8. The summed E-state index contributed by atoms with van der Waals surface area (Å²) in [6, 6.07) is 5.99. The number of hydrogen-bond donors (Lipinski definition) is 3. The fourth-order valence-electron chi connectivity index (χ4n) is 4.35. The van der Waals surface area contributed by atoms with Gasteiger partial charge in [-0.1, -0.05) is 38.5 Å². The van der Waals surface area contributed by atoms with Gasteiger partial charge in [0.2, 0.25) is 0 Å². The quantitative estimate of drug-likeness (QED) is 0.573. The van der Waals surface area contributed by atoms with E-state index in [1.165, 1.54) is 51.4 Å². The molecule has 0 spiro atoms. The molecule has 3 unspecified atom stereocenters. The second kappa shape index (κ2) is 7.45. The first kappa shape index (κ1) is 17.0. The van der Waals surface area contributed by atoms with E-state index in [1.54, 1.807) is 7.11 Å². The highest BCUT2D eigenvalue weighted by atomic mass is 16.5. The molecule has 1 aromatic rings. The molecule has 0 bridgehead atoms. The Morgan fingerprint density at radius 3 is 2.68 bits per heavy atom. The summed E-state index contributed by atoms with van der Waals surface area (Å²) < 4.78 is 5.24. The average molecular weight is 344 g/mol. The van der Waals surface area contributed by atoms with Crippen molar-refractivity contribution < 1.29 is 9.84 Å². The maximum atomic E-state index is 10.3. The van der Waals surface area contributed by atoms with Crippen LogP contribution in [0.4, 0.5) is 11.4 Å². The van der Waals surface area contributed by atoms with Gasteiger partial charge in [-0.2, -0.15) is 0 Å². The van der Waals surface area contributed by atoms with Crippen LogP contribution in [0.15, 0.2) is 18.2 Å². The zero-order chi connectivity index (χ0) is 17.2. The molecule has 1 heterocycles. The third-order valence-corrected chi connectivity index (χ3v) is 6.24. The monoisotopic (exact) mass is 344 g/mol. The van der Waals surface area contributed by atoms with Gasteiger partial charge in [0, 0.05) is 6.07 Å². The fraction of sp³-hybridized carbons (Fsp3) is 0.714. The minimum atomic E-state index is -0.536. The maximum Gasteiger partial charge on any atom is 0.144 e. The number of rotatable bonds is 9. The van der Waals surface area contributed by atoms with E-state index in [0.29, 0.717) is 0 Å². The van der Waals surface area contributed by atoms with Gasteiger partial charge in [0.1, 0.15) is 12.0 Å². The van der Waals surface area contributed by atoms with Crippen LogP contribution in [0.1, 0.15) is 57.8 Å². The summed E-state index contributed by atoms with van der Waals surface area (Å²) >= 11 is 0. The zero-order valence-corrected chi connectivity index (χ0v) is 15.3. The van der Waals surface area contributed by atoms with Gasteiger partial charge in [-0.25, -0.2) is 0 Å². The number of ether oxygens (including phenoxy) is 1. The Bertz CT molecular complexity index is 587. The average Bonchev–Trinajstić information content (AvgIpc) is 3.54. The molecular formula is C21H32N2O2. The van der Waals surface area contributed by atoms with Crippen LogP contribution < -0.4 is 15.4 Å². The van der Waals surface area contributed by atoms with E-state index in [0.717, 1.165) is 41.3 Å².